The molecule has 1 aromatic rings. The number of hydrogen-bond donors (Lipinski definition) is 2. The van der Waals surface area contributed by atoms with Crippen molar-refractivity contribution in [2.24, 2.45) is 0 Å². The molecule has 7 nitrogen and oxygen atoms in total. The largest absolute Gasteiger partial charge is 0.394 e. The first-order chi connectivity index (χ1) is 5.00. The molecular weight excluding hydrogens is 174 g/mol. The zero-order valence-corrected chi connectivity index (χ0v) is 6.01. The third-order valence-electron chi connectivity index (χ3n) is 0.404. The maximum atomic E-state index is 8.74. The van der Waals surface area contributed by atoms with E-state index in [1.807, 2.05) is 0 Å². The zero-order valence-electron chi connectivity index (χ0n) is 5.19. The molecule has 0 spiro atoms. The van der Waals surface area contributed by atoms with Crippen LogP contribution in [0.5, 0.6) is 0 Å². The van der Waals surface area contributed by atoms with Crippen molar-refractivity contribution < 1.29 is 17.5 Å². The lowest BCUT2D eigenvalue weighted by atomic mass is 10.9. The number of rotatable bonds is 0. The van der Waals surface area contributed by atoms with Crippen LogP contribution in [-0.2, 0) is 10.4 Å². The van der Waals surface area contributed by atoms with Gasteiger partial charge in [-0.25, -0.2) is 4.98 Å². The smallest absolute Gasteiger partial charge is 0.264 e. The molecule has 0 saturated heterocycles. The quantitative estimate of drug-likeness (QED) is 0.502. The molecule has 0 bridgehead atoms. The molecule has 0 aliphatic rings. The van der Waals surface area contributed by atoms with Crippen molar-refractivity contribution in [3.8, 4) is 0 Å². The Hall–Kier alpha value is -1.12. The van der Waals surface area contributed by atoms with Crippen LogP contribution < -0.4 is 0 Å². The van der Waals surface area contributed by atoms with E-state index in [1.54, 1.807) is 6.20 Å². The molecule has 1 rings (SSSR count). The van der Waals surface area contributed by atoms with Crippen molar-refractivity contribution in [1.29, 1.82) is 0 Å². The second-order valence-electron chi connectivity index (χ2n) is 1.24. The van der Waals surface area contributed by atoms with Crippen LogP contribution in [-0.4, -0.2) is 32.7 Å². The second-order valence-corrected chi connectivity index (χ2v) is 2.14. The molecule has 2 N–H and O–H groups in total. The van der Waals surface area contributed by atoms with Crippen LogP contribution in [0.15, 0.2) is 18.7 Å². The van der Waals surface area contributed by atoms with Gasteiger partial charge in [-0.2, -0.15) is 13.5 Å². The highest BCUT2D eigenvalue weighted by molar-refractivity contribution is 7.79. The van der Waals surface area contributed by atoms with Gasteiger partial charge in [0.05, 0.1) is 6.20 Å². The van der Waals surface area contributed by atoms with Gasteiger partial charge in [0.2, 0.25) is 0 Å². The standard InChI is InChI=1S/C3H3N3.H2O4S/c1-2-5-6-3-4-1;1-5(2,3)4/h1-3H;(H2,1,2,3,4). The van der Waals surface area contributed by atoms with Crippen molar-refractivity contribution >= 4 is 10.4 Å². The highest BCUT2D eigenvalue weighted by Gasteiger charge is 1.84. The lowest BCUT2D eigenvalue weighted by Crippen LogP contribution is -1.89. The number of hydrogen-bond acceptors (Lipinski definition) is 5. The van der Waals surface area contributed by atoms with E-state index < -0.39 is 10.4 Å². The molecule has 0 aliphatic heterocycles. The van der Waals surface area contributed by atoms with E-state index in [9.17, 15) is 0 Å². The maximum absolute atomic E-state index is 8.74. The van der Waals surface area contributed by atoms with Crippen LogP contribution in [0.1, 0.15) is 0 Å². The summed E-state index contributed by atoms with van der Waals surface area (Å²) in [6.45, 7) is 0. The predicted molar refractivity (Wildman–Crippen MR) is 34.0 cm³/mol. The van der Waals surface area contributed by atoms with Gasteiger partial charge in [0.25, 0.3) is 0 Å². The summed E-state index contributed by atoms with van der Waals surface area (Å²) in [5, 5.41) is 6.90. The molecule has 0 saturated carbocycles. The Bertz CT molecular complexity index is 237. The Morgan fingerprint density at radius 3 is 1.73 bits per heavy atom. The van der Waals surface area contributed by atoms with E-state index in [0.29, 0.717) is 0 Å². The first kappa shape index (κ1) is 9.88. The van der Waals surface area contributed by atoms with Gasteiger partial charge >= 0.3 is 10.4 Å². The number of aromatic nitrogens is 3. The summed E-state index contributed by atoms with van der Waals surface area (Å²) >= 11 is 0. The first-order valence-corrected chi connectivity index (χ1v) is 3.66. The van der Waals surface area contributed by atoms with E-state index >= 15 is 0 Å². The molecule has 11 heavy (non-hydrogen) atoms. The average molecular weight is 179 g/mol. The molecule has 0 fully saturated rings. The average Bonchev–Trinajstić information content (AvgIpc) is 1.88. The lowest BCUT2D eigenvalue weighted by Gasteiger charge is -1.69. The SMILES string of the molecule is O=S(=O)(O)O.c1cnncn1. The van der Waals surface area contributed by atoms with E-state index in [0.717, 1.165) is 0 Å². The van der Waals surface area contributed by atoms with Crippen molar-refractivity contribution in [2.45, 2.75) is 0 Å². The molecule has 0 amide bonds. The highest BCUT2D eigenvalue weighted by Crippen LogP contribution is 1.59. The predicted octanol–water partition coefficient (Wildman–Crippen LogP) is -0.781. The molecule has 0 aliphatic carbocycles. The van der Waals surface area contributed by atoms with Crippen molar-refractivity contribution in [2.75, 3.05) is 0 Å². The molecule has 8 heteroatoms. The van der Waals surface area contributed by atoms with E-state index in [4.69, 9.17) is 17.5 Å². The molecule has 0 radical (unpaired) electrons. The van der Waals surface area contributed by atoms with Crippen LogP contribution in [0, 0.1) is 0 Å². The summed E-state index contributed by atoms with van der Waals surface area (Å²) in [5.41, 5.74) is 0. The molecule has 1 aromatic heterocycles. The molecule has 1 heterocycles. The minimum absolute atomic E-state index is 1.39. The molecule has 0 aromatic carbocycles. The normalized spacial score (nSPS) is 9.64. The van der Waals surface area contributed by atoms with Crippen LogP contribution >= 0.6 is 0 Å². The van der Waals surface area contributed by atoms with Crippen LogP contribution in [0.2, 0.25) is 0 Å². The monoisotopic (exact) mass is 179 g/mol. The third kappa shape index (κ3) is 17.7. The molecular formula is C3H5N3O4S. The van der Waals surface area contributed by atoms with Crippen LogP contribution in [0.25, 0.3) is 0 Å². The Kier molecular flexibility index (Phi) is 4.18. The molecule has 0 atom stereocenters. The van der Waals surface area contributed by atoms with Crippen molar-refractivity contribution in [3.05, 3.63) is 18.7 Å². The Morgan fingerprint density at radius 1 is 1.09 bits per heavy atom. The molecule has 62 valence electrons. The fraction of sp³-hybridized carbons (Fsp3) is 0. The van der Waals surface area contributed by atoms with E-state index in [1.165, 1.54) is 12.5 Å². The van der Waals surface area contributed by atoms with Gasteiger partial charge in [0.1, 0.15) is 6.33 Å². The summed E-state index contributed by atoms with van der Waals surface area (Å²) in [7, 11) is -4.67. The van der Waals surface area contributed by atoms with Gasteiger partial charge in [-0.1, -0.05) is 0 Å². The summed E-state index contributed by atoms with van der Waals surface area (Å²) in [6, 6.07) is 0. The van der Waals surface area contributed by atoms with Crippen molar-refractivity contribution in [3.63, 3.8) is 0 Å². The Labute approximate surface area is 62.7 Å². The summed E-state index contributed by atoms with van der Waals surface area (Å²) in [4.78, 5) is 3.61. The van der Waals surface area contributed by atoms with Crippen LogP contribution in [0.4, 0.5) is 0 Å². The van der Waals surface area contributed by atoms with Gasteiger partial charge in [-0.15, -0.1) is 5.10 Å². The topological polar surface area (TPSA) is 113 Å². The lowest BCUT2D eigenvalue weighted by molar-refractivity contribution is 0.381. The van der Waals surface area contributed by atoms with E-state index in [2.05, 4.69) is 15.2 Å². The first-order valence-electron chi connectivity index (χ1n) is 2.26. The summed E-state index contributed by atoms with van der Waals surface area (Å²) in [5.74, 6) is 0. The Balaban J connectivity index is 0.000000187. The maximum Gasteiger partial charge on any atom is 0.394 e. The zero-order chi connectivity index (χ0) is 8.74. The fourth-order valence-corrected chi connectivity index (χ4v) is 0.205. The fourth-order valence-electron chi connectivity index (χ4n) is 0.205. The number of nitrogens with zero attached hydrogens (tertiary/aromatic N) is 3. The minimum atomic E-state index is -4.67. The minimum Gasteiger partial charge on any atom is -0.264 e. The molecule has 0 unspecified atom stereocenters. The summed E-state index contributed by atoms with van der Waals surface area (Å²) < 4.78 is 31.6. The van der Waals surface area contributed by atoms with Gasteiger partial charge in [0, 0.05) is 6.20 Å². The van der Waals surface area contributed by atoms with E-state index in [-0.39, 0.29) is 0 Å². The summed E-state index contributed by atoms with van der Waals surface area (Å²) in [6.07, 6.45) is 4.49. The third-order valence-corrected chi connectivity index (χ3v) is 0.404. The van der Waals surface area contributed by atoms with Crippen LogP contribution in [0.3, 0.4) is 0 Å². The van der Waals surface area contributed by atoms with Gasteiger partial charge in [0.15, 0.2) is 0 Å². The Morgan fingerprint density at radius 2 is 1.64 bits per heavy atom. The second kappa shape index (κ2) is 4.66. The van der Waals surface area contributed by atoms with Crippen molar-refractivity contribution in [1.82, 2.24) is 15.2 Å². The van der Waals surface area contributed by atoms with Gasteiger partial charge in [-0.3, -0.25) is 9.11 Å². The van der Waals surface area contributed by atoms with Gasteiger partial charge in [-0.05, 0) is 0 Å². The van der Waals surface area contributed by atoms with Gasteiger partial charge < -0.3 is 0 Å². The highest BCUT2D eigenvalue weighted by atomic mass is 32.3.